The summed E-state index contributed by atoms with van der Waals surface area (Å²) in [5.74, 6) is -1.61. The van der Waals surface area contributed by atoms with Gasteiger partial charge in [0, 0.05) is 6.54 Å². The lowest BCUT2D eigenvalue weighted by atomic mass is 10.2. The maximum absolute atomic E-state index is 13.1. The van der Waals surface area contributed by atoms with E-state index in [0.29, 0.717) is 6.54 Å². The molecule has 7 heteroatoms. The third-order valence-corrected chi connectivity index (χ3v) is 2.06. The number of aromatic nitrogens is 1. The van der Waals surface area contributed by atoms with E-state index in [4.69, 9.17) is 5.73 Å². The average Bonchev–Trinajstić information content (AvgIpc) is 2.34. The zero-order chi connectivity index (χ0) is 13.5. The molecule has 18 heavy (non-hydrogen) atoms. The average molecular weight is 254 g/mol. The number of anilines is 1. The van der Waals surface area contributed by atoms with Crippen molar-refractivity contribution < 1.29 is 14.0 Å². The summed E-state index contributed by atoms with van der Waals surface area (Å²) in [5, 5.41) is 5.19. The largest absolute Gasteiger partial charge is 0.369 e. The molecular weight excluding hydrogens is 239 g/mol. The number of halogens is 1. The minimum atomic E-state index is -0.671. The Labute approximate surface area is 104 Å². The van der Waals surface area contributed by atoms with Crippen LogP contribution in [-0.2, 0) is 4.79 Å². The molecule has 0 aromatic carbocycles. The Balaban J connectivity index is 2.86. The minimum absolute atomic E-state index is 0.0460. The van der Waals surface area contributed by atoms with Gasteiger partial charge in [-0.15, -0.1) is 0 Å². The zero-order valence-corrected chi connectivity index (χ0v) is 10.00. The van der Waals surface area contributed by atoms with Gasteiger partial charge >= 0.3 is 0 Å². The van der Waals surface area contributed by atoms with E-state index < -0.39 is 17.6 Å². The van der Waals surface area contributed by atoms with Crippen molar-refractivity contribution in [2.24, 2.45) is 5.73 Å². The third-order valence-electron chi connectivity index (χ3n) is 2.06. The molecule has 2 amide bonds. The van der Waals surface area contributed by atoms with E-state index in [-0.39, 0.29) is 17.9 Å². The van der Waals surface area contributed by atoms with Crippen LogP contribution < -0.4 is 16.4 Å². The van der Waals surface area contributed by atoms with Gasteiger partial charge in [0.1, 0.15) is 11.6 Å². The van der Waals surface area contributed by atoms with E-state index in [1.54, 1.807) is 0 Å². The molecule has 0 saturated carbocycles. The van der Waals surface area contributed by atoms with Crippen LogP contribution in [0.1, 0.15) is 23.7 Å². The first-order valence-electron chi connectivity index (χ1n) is 5.50. The number of carbonyl (C=O) groups is 2. The van der Waals surface area contributed by atoms with Gasteiger partial charge in [0.15, 0.2) is 0 Å². The molecule has 1 aromatic rings. The number of nitrogens with zero attached hydrogens (tertiary/aromatic N) is 1. The lowest BCUT2D eigenvalue weighted by Gasteiger charge is -2.10. The Morgan fingerprint density at radius 3 is 2.83 bits per heavy atom. The number of rotatable bonds is 6. The number of amides is 2. The number of primary amides is 1. The number of nitrogens with two attached hydrogens (primary N) is 1. The summed E-state index contributed by atoms with van der Waals surface area (Å²) in [6, 6.07) is 1.06. The first-order valence-corrected chi connectivity index (χ1v) is 5.50. The Kier molecular flexibility index (Phi) is 5.04. The topological polar surface area (TPSA) is 97.1 Å². The summed E-state index contributed by atoms with van der Waals surface area (Å²) in [6.45, 7) is 2.25. The van der Waals surface area contributed by atoms with Crippen LogP contribution in [-0.4, -0.2) is 29.9 Å². The molecule has 1 heterocycles. The summed E-state index contributed by atoms with van der Waals surface area (Å²) in [4.78, 5) is 26.1. The van der Waals surface area contributed by atoms with Crippen molar-refractivity contribution in [3.8, 4) is 0 Å². The van der Waals surface area contributed by atoms with Crippen LogP contribution in [0.5, 0.6) is 0 Å². The highest BCUT2D eigenvalue weighted by atomic mass is 19.1. The molecule has 6 nitrogen and oxygen atoms in total. The van der Waals surface area contributed by atoms with Crippen molar-refractivity contribution in [2.45, 2.75) is 13.3 Å². The Morgan fingerprint density at radius 1 is 1.50 bits per heavy atom. The van der Waals surface area contributed by atoms with Crippen LogP contribution in [0.15, 0.2) is 12.3 Å². The quantitative estimate of drug-likeness (QED) is 0.678. The molecule has 0 aliphatic heterocycles. The minimum Gasteiger partial charge on any atom is -0.369 e. The summed E-state index contributed by atoms with van der Waals surface area (Å²) >= 11 is 0. The molecule has 0 fully saturated rings. The van der Waals surface area contributed by atoms with Gasteiger partial charge in [-0.1, -0.05) is 6.92 Å². The summed E-state index contributed by atoms with van der Waals surface area (Å²) in [7, 11) is 0. The molecule has 4 N–H and O–H groups in total. The van der Waals surface area contributed by atoms with Gasteiger partial charge in [0.2, 0.25) is 5.91 Å². The molecule has 0 saturated heterocycles. The van der Waals surface area contributed by atoms with E-state index in [1.165, 1.54) is 0 Å². The van der Waals surface area contributed by atoms with Crippen LogP contribution in [0.25, 0.3) is 0 Å². The van der Waals surface area contributed by atoms with Crippen molar-refractivity contribution in [3.05, 3.63) is 23.6 Å². The molecule has 0 aliphatic carbocycles. The number of hydrogen-bond acceptors (Lipinski definition) is 4. The second-order valence-corrected chi connectivity index (χ2v) is 3.63. The van der Waals surface area contributed by atoms with Gasteiger partial charge in [-0.2, -0.15) is 0 Å². The monoisotopic (exact) mass is 254 g/mol. The fraction of sp³-hybridized carbons (Fsp3) is 0.364. The van der Waals surface area contributed by atoms with Gasteiger partial charge in [-0.05, 0) is 12.5 Å². The fourth-order valence-electron chi connectivity index (χ4n) is 1.26. The Bertz CT molecular complexity index is 451. The van der Waals surface area contributed by atoms with Crippen molar-refractivity contribution in [1.29, 1.82) is 0 Å². The zero-order valence-electron chi connectivity index (χ0n) is 10.00. The smallest absolute Gasteiger partial charge is 0.255 e. The lowest BCUT2D eigenvalue weighted by molar-refractivity contribution is -0.117. The molecule has 0 aliphatic rings. The Hall–Kier alpha value is -2.18. The van der Waals surface area contributed by atoms with Crippen LogP contribution in [0, 0.1) is 5.82 Å². The highest BCUT2D eigenvalue weighted by Gasteiger charge is 2.14. The van der Waals surface area contributed by atoms with E-state index in [0.717, 1.165) is 18.7 Å². The first-order chi connectivity index (χ1) is 8.54. The van der Waals surface area contributed by atoms with Crippen molar-refractivity contribution in [2.75, 3.05) is 18.4 Å². The predicted molar refractivity (Wildman–Crippen MR) is 64.5 cm³/mol. The number of hydrogen-bond donors (Lipinski definition) is 3. The van der Waals surface area contributed by atoms with Gasteiger partial charge in [-0.25, -0.2) is 9.37 Å². The lowest BCUT2D eigenvalue weighted by Crippen LogP contribution is -2.33. The molecule has 1 rings (SSSR count). The molecule has 0 atom stereocenters. The maximum atomic E-state index is 13.1. The number of nitrogens with one attached hydrogen (secondary N) is 2. The van der Waals surface area contributed by atoms with Crippen molar-refractivity contribution in [1.82, 2.24) is 10.3 Å². The molecule has 0 bridgehead atoms. The molecular formula is C11H15FN4O2. The molecule has 98 valence electrons. The second kappa shape index (κ2) is 6.53. The molecule has 1 aromatic heterocycles. The predicted octanol–water partition coefficient (Wildman–Crippen LogP) is 0.258. The van der Waals surface area contributed by atoms with Crippen LogP contribution in [0.4, 0.5) is 10.2 Å². The van der Waals surface area contributed by atoms with E-state index in [1.807, 2.05) is 6.92 Å². The van der Waals surface area contributed by atoms with Gasteiger partial charge in [-0.3, -0.25) is 9.59 Å². The number of pyridine rings is 1. The SMILES string of the molecule is CCCNc1ncc(F)cc1C(=O)NCC(N)=O. The highest BCUT2D eigenvalue weighted by Crippen LogP contribution is 2.13. The molecule has 0 radical (unpaired) electrons. The van der Waals surface area contributed by atoms with Crippen LogP contribution in [0.2, 0.25) is 0 Å². The second-order valence-electron chi connectivity index (χ2n) is 3.63. The molecule has 0 unspecified atom stereocenters. The van der Waals surface area contributed by atoms with E-state index >= 15 is 0 Å². The summed E-state index contributed by atoms with van der Waals surface area (Å²) < 4.78 is 13.1. The maximum Gasteiger partial charge on any atom is 0.255 e. The fourth-order valence-corrected chi connectivity index (χ4v) is 1.26. The normalized spacial score (nSPS) is 9.89. The van der Waals surface area contributed by atoms with Crippen molar-refractivity contribution in [3.63, 3.8) is 0 Å². The standard InChI is InChI=1S/C11H15FN4O2/c1-2-3-14-10-8(4-7(12)5-15-10)11(18)16-6-9(13)17/h4-5H,2-3,6H2,1H3,(H2,13,17)(H,14,15)(H,16,18). The van der Waals surface area contributed by atoms with Gasteiger partial charge in [0.05, 0.1) is 18.3 Å². The van der Waals surface area contributed by atoms with Crippen LogP contribution >= 0.6 is 0 Å². The highest BCUT2D eigenvalue weighted by molar-refractivity contribution is 6.00. The van der Waals surface area contributed by atoms with E-state index in [2.05, 4.69) is 15.6 Å². The first kappa shape index (κ1) is 13.9. The number of carbonyl (C=O) groups excluding carboxylic acids is 2. The van der Waals surface area contributed by atoms with Gasteiger partial charge in [0.25, 0.3) is 5.91 Å². The summed E-state index contributed by atoms with van der Waals surface area (Å²) in [5.41, 5.74) is 4.95. The van der Waals surface area contributed by atoms with Crippen molar-refractivity contribution >= 4 is 17.6 Å². The van der Waals surface area contributed by atoms with Crippen LogP contribution in [0.3, 0.4) is 0 Å². The summed E-state index contributed by atoms with van der Waals surface area (Å²) in [6.07, 6.45) is 1.85. The van der Waals surface area contributed by atoms with Gasteiger partial charge < -0.3 is 16.4 Å². The van der Waals surface area contributed by atoms with E-state index in [9.17, 15) is 14.0 Å². The Morgan fingerprint density at radius 2 is 2.22 bits per heavy atom. The third kappa shape index (κ3) is 4.00. The molecule has 0 spiro atoms.